The van der Waals surface area contributed by atoms with Crippen LogP contribution in [-0.2, 0) is 12.8 Å². The molecule has 0 saturated carbocycles. The number of rotatable bonds is 4. The molecule has 4 rings (SSSR count). The molecule has 0 bridgehead atoms. The number of nitrogens with one attached hydrogen (secondary N) is 2. The minimum atomic E-state index is -0.130. The Morgan fingerprint density at radius 1 is 1.15 bits per heavy atom. The summed E-state index contributed by atoms with van der Waals surface area (Å²) in [6.45, 7) is 1.98. The molecule has 4 heteroatoms. The van der Waals surface area contributed by atoms with Crippen molar-refractivity contribution in [3.8, 4) is 5.75 Å². The first kappa shape index (κ1) is 16.7. The van der Waals surface area contributed by atoms with E-state index in [1.165, 1.54) is 29.5 Å². The summed E-state index contributed by atoms with van der Waals surface area (Å²) >= 11 is 0. The summed E-state index contributed by atoms with van der Waals surface area (Å²) in [7, 11) is 1.65. The Morgan fingerprint density at radius 2 is 1.96 bits per heavy atom. The first-order valence-electron chi connectivity index (χ1n) is 9.24. The predicted molar refractivity (Wildman–Crippen MR) is 104 cm³/mol. The van der Waals surface area contributed by atoms with Gasteiger partial charge in [0.25, 0.3) is 5.91 Å². The zero-order valence-corrected chi connectivity index (χ0v) is 15.3. The highest BCUT2D eigenvalue weighted by Gasteiger charge is 2.18. The van der Waals surface area contributed by atoms with Gasteiger partial charge in [0.05, 0.1) is 13.2 Å². The standard InChI is InChI=1S/C22H24N2O2/c1-14(16-7-4-6-10-21(16)26-2)23-22(25)15-11-12-20-18(13-15)17-8-3-5-9-19(17)24-20/h4,6-7,10-14,24H,3,5,8-9H2,1-2H3,(H,23,25). The van der Waals surface area contributed by atoms with Crippen LogP contribution in [0.4, 0.5) is 0 Å². The summed E-state index contributed by atoms with van der Waals surface area (Å²) in [5.74, 6) is 0.728. The number of fused-ring (bicyclic) bond motifs is 3. The maximum atomic E-state index is 12.8. The quantitative estimate of drug-likeness (QED) is 0.727. The largest absolute Gasteiger partial charge is 0.496 e. The molecule has 0 fully saturated rings. The summed E-state index contributed by atoms with van der Waals surface area (Å²) in [6.07, 6.45) is 4.67. The van der Waals surface area contributed by atoms with Gasteiger partial charge in [0.1, 0.15) is 5.75 Å². The van der Waals surface area contributed by atoms with Gasteiger partial charge in [0, 0.05) is 27.7 Å². The molecule has 0 saturated heterocycles. The molecule has 134 valence electrons. The molecule has 1 amide bonds. The molecule has 0 spiro atoms. The van der Waals surface area contributed by atoms with Crippen LogP contribution in [0.15, 0.2) is 42.5 Å². The van der Waals surface area contributed by atoms with E-state index >= 15 is 0 Å². The molecule has 4 nitrogen and oxygen atoms in total. The summed E-state index contributed by atoms with van der Waals surface area (Å²) in [6, 6.07) is 13.6. The lowest BCUT2D eigenvalue weighted by Gasteiger charge is -2.17. The number of aromatic nitrogens is 1. The molecule has 1 aliphatic carbocycles. The molecule has 26 heavy (non-hydrogen) atoms. The zero-order valence-electron chi connectivity index (χ0n) is 15.3. The topological polar surface area (TPSA) is 54.1 Å². The van der Waals surface area contributed by atoms with E-state index in [-0.39, 0.29) is 11.9 Å². The normalized spacial score (nSPS) is 14.7. The highest BCUT2D eigenvalue weighted by Crippen LogP contribution is 2.30. The molecule has 1 aromatic heterocycles. The van der Waals surface area contributed by atoms with Crippen molar-refractivity contribution >= 4 is 16.8 Å². The highest BCUT2D eigenvalue weighted by molar-refractivity contribution is 5.99. The number of carbonyl (C=O) groups is 1. The number of ether oxygens (including phenoxy) is 1. The number of benzene rings is 2. The third-order valence-corrected chi connectivity index (χ3v) is 5.31. The summed E-state index contributed by atoms with van der Waals surface area (Å²) in [5.41, 5.74) is 5.53. The van der Waals surface area contributed by atoms with E-state index in [4.69, 9.17) is 4.74 Å². The second-order valence-corrected chi connectivity index (χ2v) is 6.99. The van der Waals surface area contributed by atoms with Crippen molar-refractivity contribution in [2.45, 2.75) is 38.6 Å². The Labute approximate surface area is 153 Å². The summed E-state index contributed by atoms with van der Waals surface area (Å²) < 4.78 is 5.41. The average molecular weight is 348 g/mol. The fraction of sp³-hybridized carbons (Fsp3) is 0.318. The Morgan fingerprint density at radius 3 is 2.81 bits per heavy atom. The molecule has 0 radical (unpaired) electrons. The van der Waals surface area contributed by atoms with Gasteiger partial charge in [-0.05, 0) is 62.4 Å². The Kier molecular flexibility index (Phi) is 4.41. The predicted octanol–water partition coefficient (Wildman–Crippen LogP) is 4.55. The van der Waals surface area contributed by atoms with Gasteiger partial charge in [-0.25, -0.2) is 0 Å². The Bertz CT molecular complexity index is 958. The Balaban J connectivity index is 1.60. The van der Waals surface area contributed by atoms with Gasteiger partial charge in [-0.1, -0.05) is 18.2 Å². The van der Waals surface area contributed by atoms with Gasteiger partial charge >= 0.3 is 0 Å². The van der Waals surface area contributed by atoms with Crippen LogP contribution in [0.5, 0.6) is 5.75 Å². The van der Waals surface area contributed by atoms with E-state index in [1.54, 1.807) is 7.11 Å². The van der Waals surface area contributed by atoms with Gasteiger partial charge < -0.3 is 15.0 Å². The van der Waals surface area contributed by atoms with Crippen LogP contribution in [0.2, 0.25) is 0 Å². The van der Waals surface area contributed by atoms with E-state index in [2.05, 4.69) is 10.3 Å². The maximum absolute atomic E-state index is 12.8. The fourth-order valence-corrected chi connectivity index (χ4v) is 3.93. The number of hydrogen-bond acceptors (Lipinski definition) is 2. The number of amides is 1. The number of aromatic amines is 1. The number of methoxy groups -OCH3 is 1. The highest BCUT2D eigenvalue weighted by atomic mass is 16.5. The van der Waals surface area contributed by atoms with Crippen molar-refractivity contribution in [1.29, 1.82) is 0 Å². The average Bonchev–Trinajstić information content (AvgIpc) is 3.05. The third-order valence-electron chi connectivity index (χ3n) is 5.31. The second-order valence-electron chi connectivity index (χ2n) is 6.99. The first-order valence-corrected chi connectivity index (χ1v) is 9.24. The van der Waals surface area contributed by atoms with Crippen LogP contribution in [0.1, 0.15) is 53.0 Å². The molecular weight excluding hydrogens is 324 g/mol. The monoisotopic (exact) mass is 348 g/mol. The van der Waals surface area contributed by atoms with Gasteiger partial charge in [0.2, 0.25) is 0 Å². The minimum Gasteiger partial charge on any atom is -0.496 e. The number of hydrogen-bond donors (Lipinski definition) is 2. The zero-order chi connectivity index (χ0) is 18.1. The van der Waals surface area contributed by atoms with Crippen molar-refractivity contribution < 1.29 is 9.53 Å². The molecule has 1 unspecified atom stereocenters. The lowest BCUT2D eigenvalue weighted by atomic mass is 9.95. The second kappa shape index (κ2) is 6.87. The lowest BCUT2D eigenvalue weighted by molar-refractivity contribution is 0.0939. The smallest absolute Gasteiger partial charge is 0.251 e. The molecule has 1 aliphatic rings. The molecule has 3 aromatic rings. The number of aryl methyl sites for hydroxylation is 2. The van der Waals surface area contributed by atoms with Crippen LogP contribution in [0.25, 0.3) is 10.9 Å². The Hall–Kier alpha value is -2.75. The van der Waals surface area contributed by atoms with Gasteiger partial charge in [-0.3, -0.25) is 4.79 Å². The summed E-state index contributed by atoms with van der Waals surface area (Å²) in [4.78, 5) is 16.3. The fourth-order valence-electron chi connectivity index (χ4n) is 3.93. The SMILES string of the molecule is COc1ccccc1C(C)NC(=O)c1ccc2[nH]c3c(c2c1)CCCC3. The van der Waals surface area contributed by atoms with Crippen LogP contribution in [0, 0.1) is 0 Å². The molecule has 2 N–H and O–H groups in total. The van der Waals surface area contributed by atoms with E-state index in [1.807, 2.05) is 49.4 Å². The molecule has 0 aliphatic heterocycles. The molecular formula is C22H24N2O2. The van der Waals surface area contributed by atoms with Crippen molar-refractivity contribution in [3.63, 3.8) is 0 Å². The number of para-hydroxylation sites is 1. The van der Waals surface area contributed by atoms with Gasteiger partial charge in [-0.2, -0.15) is 0 Å². The number of H-pyrrole nitrogens is 1. The van der Waals surface area contributed by atoms with E-state index < -0.39 is 0 Å². The van der Waals surface area contributed by atoms with Crippen LogP contribution in [0.3, 0.4) is 0 Å². The van der Waals surface area contributed by atoms with Crippen molar-refractivity contribution in [3.05, 3.63) is 64.8 Å². The van der Waals surface area contributed by atoms with E-state index in [0.717, 1.165) is 29.7 Å². The third kappa shape index (κ3) is 2.96. The van der Waals surface area contributed by atoms with Gasteiger partial charge in [0.15, 0.2) is 0 Å². The maximum Gasteiger partial charge on any atom is 0.251 e. The van der Waals surface area contributed by atoms with Gasteiger partial charge in [-0.15, -0.1) is 0 Å². The van der Waals surface area contributed by atoms with Crippen LogP contribution in [-0.4, -0.2) is 18.0 Å². The molecule has 1 heterocycles. The van der Waals surface area contributed by atoms with E-state index in [0.29, 0.717) is 5.56 Å². The molecule has 2 aromatic carbocycles. The van der Waals surface area contributed by atoms with Crippen molar-refractivity contribution in [2.75, 3.05) is 7.11 Å². The van der Waals surface area contributed by atoms with Crippen molar-refractivity contribution in [1.82, 2.24) is 10.3 Å². The summed E-state index contributed by atoms with van der Waals surface area (Å²) in [5, 5.41) is 4.29. The van der Waals surface area contributed by atoms with E-state index in [9.17, 15) is 4.79 Å². The minimum absolute atomic E-state index is 0.0592. The molecule has 1 atom stereocenters. The first-order chi connectivity index (χ1) is 12.7. The number of carbonyl (C=O) groups excluding carboxylic acids is 1. The lowest BCUT2D eigenvalue weighted by Crippen LogP contribution is -2.26. The van der Waals surface area contributed by atoms with Crippen molar-refractivity contribution in [2.24, 2.45) is 0 Å². The van der Waals surface area contributed by atoms with Crippen LogP contribution >= 0.6 is 0 Å². The van der Waals surface area contributed by atoms with Crippen LogP contribution < -0.4 is 10.1 Å².